The van der Waals surface area contributed by atoms with Crippen molar-refractivity contribution in [2.75, 3.05) is 13.1 Å². The normalized spacial score (nSPS) is 26.5. The molecule has 0 amide bonds. The van der Waals surface area contributed by atoms with E-state index in [4.69, 9.17) is 11.6 Å². The molecule has 21 heavy (non-hydrogen) atoms. The number of benzene rings is 1. The highest BCUT2D eigenvalue weighted by Crippen LogP contribution is 2.28. The third-order valence-corrected chi connectivity index (χ3v) is 5.40. The van der Waals surface area contributed by atoms with Crippen molar-refractivity contribution in [3.8, 4) is 0 Å². The molecule has 0 spiro atoms. The van der Waals surface area contributed by atoms with E-state index in [1.807, 2.05) is 12.1 Å². The van der Waals surface area contributed by atoms with Gasteiger partial charge < -0.3 is 5.32 Å². The van der Waals surface area contributed by atoms with E-state index >= 15 is 0 Å². The summed E-state index contributed by atoms with van der Waals surface area (Å²) in [4.78, 5) is 2.68. The smallest absolute Gasteiger partial charge is 0.0406 e. The number of piperazine rings is 1. The highest BCUT2D eigenvalue weighted by molar-refractivity contribution is 6.30. The van der Waals surface area contributed by atoms with Crippen molar-refractivity contribution in [1.29, 1.82) is 0 Å². The zero-order valence-corrected chi connectivity index (χ0v) is 14.5. The lowest BCUT2D eigenvalue weighted by Gasteiger charge is -2.45. The Morgan fingerprint density at radius 1 is 1.24 bits per heavy atom. The van der Waals surface area contributed by atoms with Crippen molar-refractivity contribution in [3.05, 3.63) is 34.9 Å². The predicted molar refractivity (Wildman–Crippen MR) is 91.9 cm³/mol. The number of hydrogen-bond donors (Lipinski definition) is 1. The lowest BCUT2D eigenvalue weighted by molar-refractivity contribution is 0.0706. The molecule has 0 radical (unpaired) electrons. The highest BCUT2D eigenvalue weighted by atomic mass is 35.5. The van der Waals surface area contributed by atoms with Crippen molar-refractivity contribution in [1.82, 2.24) is 10.2 Å². The summed E-state index contributed by atoms with van der Waals surface area (Å²) in [6, 6.07) is 10.0. The summed E-state index contributed by atoms with van der Waals surface area (Å²) >= 11 is 6.02. The van der Waals surface area contributed by atoms with Crippen LogP contribution in [-0.2, 0) is 0 Å². The van der Waals surface area contributed by atoms with E-state index in [1.165, 1.54) is 18.4 Å². The second-order valence-corrected chi connectivity index (χ2v) is 6.82. The molecule has 2 rings (SSSR count). The predicted octanol–water partition coefficient (Wildman–Crippen LogP) is 4.50. The standard InChI is InChI=1S/C18H29ClN2/c1-5-13(3)18-12-21(17(6-2)11-20-18)14(4)15-7-9-16(19)10-8-15/h7-10,13-14,17-18,20H,5-6,11-12H2,1-4H3. The second kappa shape index (κ2) is 7.62. The first-order valence-corrected chi connectivity index (χ1v) is 8.69. The fourth-order valence-electron chi connectivity index (χ4n) is 3.30. The number of nitrogens with one attached hydrogen (secondary N) is 1. The van der Waals surface area contributed by atoms with Crippen LogP contribution in [0.5, 0.6) is 0 Å². The van der Waals surface area contributed by atoms with Gasteiger partial charge in [0.2, 0.25) is 0 Å². The van der Waals surface area contributed by atoms with Crippen LogP contribution in [0, 0.1) is 5.92 Å². The molecule has 1 aliphatic rings. The maximum absolute atomic E-state index is 6.02. The maximum atomic E-state index is 6.02. The summed E-state index contributed by atoms with van der Waals surface area (Å²) in [5.41, 5.74) is 1.36. The minimum atomic E-state index is 0.445. The van der Waals surface area contributed by atoms with Crippen LogP contribution in [0.15, 0.2) is 24.3 Å². The summed E-state index contributed by atoms with van der Waals surface area (Å²) in [5.74, 6) is 0.725. The first-order valence-electron chi connectivity index (χ1n) is 8.31. The molecule has 0 aliphatic carbocycles. The van der Waals surface area contributed by atoms with Gasteiger partial charge in [-0.05, 0) is 37.0 Å². The molecule has 118 valence electrons. The molecule has 1 saturated heterocycles. The molecule has 0 aromatic heterocycles. The van der Waals surface area contributed by atoms with Crippen LogP contribution in [-0.4, -0.2) is 30.1 Å². The van der Waals surface area contributed by atoms with Crippen molar-refractivity contribution >= 4 is 11.6 Å². The summed E-state index contributed by atoms with van der Waals surface area (Å²) < 4.78 is 0. The monoisotopic (exact) mass is 308 g/mol. The average Bonchev–Trinajstić information content (AvgIpc) is 2.53. The van der Waals surface area contributed by atoms with Crippen LogP contribution in [0.4, 0.5) is 0 Å². The SMILES string of the molecule is CCC(C)C1CN(C(C)c2ccc(Cl)cc2)C(CC)CN1. The summed E-state index contributed by atoms with van der Waals surface area (Å²) in [7, 11) is 0. The molecule has 0 bridgehead atoms. The fraction of sp³-hybridized carbons (Fsp3) is 0.667. The first-order chi connectivity index (χ1) is 10.1. The van der Waals surface area contributed by atoms with Gasteiger partial charge >= 0.3 is 0 Å². The van der Waals surface area contributed by atoms with Gasteiger partial charge in [0, 0.05) is 36.2 Å². The van der Waals surface area contributed by atoms with Crippen molar-refractivity contribution in [3.63, 3.8) is 0 Å². The zero-order chi connectivity index (χ0) is 15.4. The Morgan fingerprint density at radius 2 is 1.90 bits per heavy atom. The van der Waals surface area contributed by atoms with Gasteiger partial charge in [-0.1, -0.05) is 50.9 Å². The van der Waals surface area contributed by atoms with Crippen LogP contribution in [0.1, 0.15) is 52.1 Å². The van der Waals surface area contributed by atoms with Crippen molar-refractivity contribution < 1.29 is 0 Å². The Morgan fingerprint density at radius 3 is 2.48 bits per heavy atom. The van der Waals surface area contributed by atoms with Gasteiger partial charge in [0.1, 0.15) is 0 Å². The van der Waals surface area contributed by atoms with Gasteiger partial charge in [-0.2, -0.15) is 0 Å². The molecule has 1 aromatic carbocycles. The molecule has 4 unspecified atom stereocenters. The minimum Gasteiger partial charge on any atom is -0.311 e. The lowest BCUT2D eigenvalue weighted by Crippen LogP contribution is -2.58. The topological polar surface area (TPSA) is 15.3 Å². The molecule has 3 heteroatoms. The van der Waals surface area contributed by atoms with E-state index in [0.29, 0.717) is 18.1 Å². The number of hydrogen-bond acceptors (Lipinski definition) is 2. The van der Waals surface area contributed by atoms with Gasteiger partial charge in [0.25, 0.3) is 0 Å². The van der Waals surface area contributed by atoms with Crippen molar-refractivity contribution in [2.24, 2.45) is 5.92 Å². The molecule has 2 nitrogen and oxygen atoms in total. The van der Waals surface area contributed by atoms with Gasteiger partial charge in [-0.15, -0.1) is 0 Å². The third-order valence-electron chi connectivity index (χ3n) is 5.14. The third kappa shape index (κ3) is 4.00. The van der Waals surface area contributed by atoms with Crippen LogP contribution in [0.3, 0.4) is 0 Å². The molecule has 4 atom stereocenters. The molecule has 1 heterocycles. The molecular weight excluding hydrogens is 280 g/mol. The van der Waals surface area contributed by atoms with E-state index < -0.39 is 0 Å². The Balaban J connectivity index is 2.14. The summed E-state index contributed by atoms with van der Waals surface area (Å²) in [5, 5.41) is 4.57. The van der Waals surface area contributed by atoms with Crippen LogP contribution in [0.2, 0.25) is 5.02 Å². The van der Waals surface area contributed by atoms with Gasteiger partial charge in [0.05, 0.1) is 0 Å². The van der Waals surface area contributed by atoms with E-state index in [9.17, 15) is 0 Å². The van der Waals surface area contributed by atoms with Crippen LogP contribution >= 0.6 is 11.6 Å². The number of nitrogens with zero attached hydrogens (tertiary/aromatic N) is 1. The number of halogens is 1. The molecule has 1 aliphatic heterocycles. The molecule has 0 saturated carbocycles. The molecular formula is C18H29ClN2. The van der Waals surface area contributed by atoms with Crippen molar-refractivity contribution in [2.45, 2.75) is 58.7 Å². The quantitative estimate of drug-likeness (QED) is 0.861. The zero-order valence-electron chi connectivity index (χ0n) is 13.8. The van der Waals surface area contributed by atoms with Gasteiger partial charge in [-0.3, -0.25) is 4.90 Å². The minimum absolute atomic E-state index is 0.445. The lowest BCUT2D eigenvalue weighted by atomic mass is 9.92. The molecule has 1 aromatic rings. The van der Waals surface area contributed by atoms with E-state index in [-0.39, 0.29) is 0 Å². The Kier molecular flexibility index (Phi) is 6.09. The van der Waals surface area contributed by atoms with Crippen LogP contribution in [0.25, 0.3) is 0 Å². The Labute approximate surface area is 134 Å². The fourth-order valence-corrected chi connectivity index (χ4v) is 3.42. The van der Waals surface area contributed by atoms with Gasteiger partial charge in [0.15, 0.2) is 0 Å². The molecule has 1 fully saturated rings. The molecule has 1 N–H and O–H groups in total. The van der Waals surface area contributed by atoms with Gasteiger partial charge in [-0.25, -0.2) is 0 Å². The van der Waals surface area contributed by atoms with Crippen LogP contribution < -0.4 is 5.32 Å². The van der Waals surface area contributed by atoms with E-state index in [1.54, 1.807) is 0 Å². The summed E-state index contributed by atoms with van der Waals surface area (Å²) in [6.45, 7) is 11.5. The largest absolute Gasteiger partial charge is 0.311 e. The first kappa shape index (κ1) is 16.8. The van der Waals surface area contributed by atoms with E-state index in [0.717, 1.165) is 24.0 Å². The maximum Gasteiger partial charge on any atom is 0.0406 e. The Bertz CT molecular complexity index is 431. The van der Waals surface area contributed by atoms with E-state index in [2.05, 4.69) is 50.0 Å². The summed E-state index contributed by atoms with van der Waals surface area (Å²) in [6.07, 6.45) is 2.43. The second-order valence-electron chi connectivity index (χ2n) is 6.39. The Hall–Kier alpha value is -0.570. The average molecular weight is 309 g/mol. The highest BCUT2D eigenvalue weighted by Gasteiger charge is 2.32. The number of rotatable bonds is 5.